The third-order valence-corrected chi connectivity index (χ3v) is 5.12. The minimum Gasteiger partial charge on any atom is -0.367 e. The second-order valence-corrected chi connectivity index (χ2v) is 6.72. The highest BCUT2D eigenvalue weighted by molar-refractivity contribution is 5.66. The Labute approximate surface area is 144 Å². The largest absolute Gasteiger partial charge is 0.367 e. The maximum absolute atomic E-state index is 2.51. The normalized spacial score (nSPS) is 17.2. The molecule has 1 aliphatic rings. The third kappa shape index (κ3) is 2.94. The maximum Gasteiger partial charge on any atom is 0.0432 e. The predicted molar refractivity (Wildman–Crippen MR) is 102 cm³/mol. The van der Waals surface area contributed by atoms with Crippen molar-refractivity contribution in [3.63, 3.8) is 0 Å². The molecule has 1 heteroatoms. The van der Waals surface area contributed by atoms with Crippen LogP contribution in [0.3, 0.4) is 0 Å². The molecular formula is C23H23N. The van der Waals surface area contributed by atoms with Gasteiger partial charge in [-0.3, -0.25) is 0 Å². The second-order valence-electron chi connectivity index (χ2n) is 6.72. The Morgan fingerprint density at radius 3 is 2.21 bits per heavy atom. The van der Waals surface area contributed by atoms with Crippen LogP contribution >= 0.6 is 0 Å². The molecule has 0 bridgehead atoms. The summed E-state index contributed by atoms with van der Waals surface area (Å²) in [6, 6.07) is 28.5. The highest BCUT2D eigenvalue weighted by atomic mass is 15.1. The molecule has 24 heavy (non-hydrogen) atoms. The van der Waals surface area contributed by atoms with Crippen LogP contribution in [0.4, 0.5) is 5.69 Å². The second kappa shape index (κ2) is 6.52. The van der Waals surface area contributed by atoms with Crippen LogP contribution in [-0.4, -0.2) is 6.54 Å². The number of benzene rings is 3. The molecule has 0 saturated heterocycles. The van der Waals surface area contributed by atoms with Gasteiger partial charge in [0, 0.05) is 18.8 Å². The molecule has 1 nitrogen and oxygen atoms in total. The van der Waals surface area contributed by atoms with Crippen molar-refractivity contribution in [3.8, 4) is 11.1 Å². The van der Waals surface area contributed by atoms with Gasteiger partial charge in [-0.2, -0.15) is 0 Å². The van der Waals surface area contributed by atoms with Crippen molar-refractivity contribution < 1.29 is 0 Å². The summed E-state index contributed by atoms with van der Waals surface area (Å²) in [6.45, 7) is 4.46. The number of hydrogen-bond acceptors (Lipinski definition) is 1. The van der Waals surface area contributed by atoms with Gasteiger partial charge in [0.15, 0.2) is 0 Å². The topological polar surface area (TPSA) is 3.24 Å². The number of hydrogen-bond donors (Lipinski definition) is 0. The third-order valence-electron chi connectivity index (χ3n) is 5.12. The standard InChI is InChI=1S/C23H23N/c1-18-15-16-24(17-21-9-5-6-10-23(18)21)22-13-11-20(12-14-22)19-7-3-2-4-8-19/h2-14,18H,15-17H2,1H3. The lowest BCUT2D eigenvalue weighted by molar-refractivity contribution is 0.678. The zero-order valence-corrected chi connectivity index (χ0v) is 14.2. The first-order valence-corrected chi connectivity index (χ1v) is 8.79. The van der Waals surface area contributed by atoms with Crippen molar-refractivity contribution in [2.45, 2.75) is 25.8 Å². The van der Waals surface area contributed by atoms with Crippen molar-refractivity contribution in [2.75, 3.05) is 11.4 Å². The van der Waals surface area contributed by atoms with Gasteiger partial charge in [-0.05, 0) is 46.7 Å². The van der Waals surface area contributed by atoms with Crippen molar-refractivity contribution in [2.24, 2.45) is 0 Å². The number of rotatable bonds is 2. The molecule has 4 rings (SSSR count). The zero-order chi connectivity index (χ0) is 16.4. The highest BCUT2D eigenvalue weighted by Gasteiger charge is 2.19. The molecule has 0 saturated carbocycles. The number of fused-ring (bicyclic) bond motifs is 1. The lowest BCUT2D eigenvalue weighted by atomic mass is 9.95. The fourth-order valence-electron chi connectivity index (χ4n) is 3.66. The van der Waals surface area contributed by atoms with E-state index in [9.17, 15) is 0 Å². The average Bonchev–Trinajstić information content (AvgIpc) is 2.82. The molecule has 0 N–H and O–H groups in total. The minimum atomic E-state index is 0.634. The van der Waals surface area contributed by atoms with Crippen molar-refractivity contribution in [1.29, 1.82) is 0 Å². The molecule has 0 amide bonds. The van der Waals surface area contributed by atoms with Crippen molar-refractivity contribution in [3.05, 3.63) is 90.0 Å². The molecule has 0 aromatic heterocycles. The molecule has 0 radical (unpaired) electrons. The van der Waals surface area contributed by atoms with Crippen LogP contribution in [0.2, 0.25) is 0 Å². The lowest BCUT2D eigenvalue weighted by Crippen LogP contribution is -2.22. The summed E-state index contributed by atoms with van der Waals surface area (Å²) in [5.41, 5.74) is 6.86. The van der Waals surface area contributed by atoms with Gasteiger partial charge in [-0.25, -0.2) is 0 Å². The molecule has 1 aliphatic heterocycles. The van der Waals surface area contributed by atoms with E-state index < -0.39 is 0 Å². The van der Waals surface area contributed by atoms with Crippen LogP contribution in [0.25, 0.3) is 11.1 Å². The Morgan fingerprint density at radius 2 is 1.42 bits per heavy atom. The molecule has 3 aromatic rings. The Balaban J connectivity index is 1.60. The average molecular weight is 313 g/mol. The first kappa shape index (κ1) is 15.0. The Morgan fingerprint density at radius 1 is 0.750 bits per heavy atom. The summed E-state index contributed by atoms with van der Waals surface area (Å²) in [5.74, 6) is 0.634. The quantitative estimate of drug-likeness (QED) is 0.572. The van der Waals surface area contributed by atoms with Gasteiger partial charge in [0.05, 0.1) is 0 Å². The minimum absolute atomic E-state index is 0.634. The van der Waals surface area contributed by atoms with Crippen LogP contribution < -0.4 is 4.90 Å². The fraction of sp³-hybridized carbons (Fsp3) is 0.217. The molecule has 1 atom stereocenters. The molecule has 0 spiro atoms. The van der Waals surface area contributed by atoms with Gasteiger partial charge in [-0.15, -0.1) is 0 Å². The molecule has 0 aliphatic carbocycles. The molecule has 120 valence electrons. The summed E-state index contributed by atoms with van der Waals surface area (Å²) in [6.07, 6.45) is 1.21. The van der Waals surface area contributed by atoms with Gasteiger partial charge in [0.25, 0.3) is 0 Å². The zero-order valence-electron chi connectivity index (χ0n) is 14.2. The summed E-state index contributed by atoms with van der Waals surface area (Å²) in [7, 11) is 0. The van der Waals surface area contributed by atoms with Crippen LogP contribution in [0.5, 0.6) is 0 Å². The van der Waals surface area contributed by atoms with E-state index in [0.717, 1.165) is 13.1 Å². The van der Waals surface area contributed by atoms with Crippen molar-refractivity contribution >= 4 is 5.69 Å². The summed E-state index contributed by atoms with van der Waals surface area (Å²) in [4.78, 5) is 2.51. The molecule has 0 fully saturated rings. The van der Waals surface area contributed by atoms with E-state index in [-0.39, 0.29) is 0 Å². The van der Waals surface area contributed by atoms with E-state index in [0.29, 0.717) is 5.92 Å². The Bertz CT molecular complexity index is 805. The van der Waals surface area contributed by atoms with E-state index in [4.69, 9.17) is 0 Å². The van der Waals surface area contributed by atoms with Gasteiger partial charge in [-0.1, -0.05) is 73.7 Å². The van der Waals surface area contributed by atoms with E-state index in [1.807, 2.05) is 0 Å². The SMILES string of the molecule is CC1CCN(c2ccc(-c3ccccc3)cc2)Cc2ccccc21. The van der Waals surface area contributed by atoms with Gasteiger partial charge in [0.2, 0.25) is 0 Å². The molecule has 1 unspecified atom stereocenters. The first-order valence-electron chi connectivity index (χ1n) is 8.79. The smallest absolute Gasteiger partial charge is 0.0432 e. The summed E-state index contributed by atoms with van der Waals surface area (Å²) >= 11 is 0. The van der Waals surface area contributed by atoms with E-state index in [1.165, 1.54) is 34.4 Å². The van der Waals surface area contributed by atoms with E-state index >= 15 is 0 Å². The van der Waals surface area contributed by atoms with Crippen LogP contribution in [0, 0.1) is 0 Å². The number of anilines is 1. The van der Waals surface area contributed by atoms with Crippen molar-refractivity contribution in [1.82, 2.24) is 0 Å². The van der Waals surface area contributed by atoms with Crippen LogP contribution in [0.15, 0.2) is 78.9 Å². The van der Waals surface area contributed by atoms with Gasteiger partial charge < -0.3 is 4.90 Å². The lowest BCUT2D eigenvalue weighted by Gasteiger charge is -2.23. The van der Waals surface area contributed by atoms with Crippen LogP contribution in [0.1, 0.15) is 30.4 Å². The highest BCUT2D eigenvalue weighted by Crippen LogP contribution is 2.31. The molecule has 1 heterocycles. The van der Waals surface area contributed by atoms with E-state index in [1.54, 1.807) is 0 Å². The Hall–Kier alpha value is -2.54. The maximum atomic E-state index is 2.51. The summed E-state index contributed by atoms with van der Waals surface area (Å²) in [5, 5.41) is 0. The molecular weight excluding hydrogens is 290 g/mol. The Kier molecular flexibility index (Phi) is 4.08. The van der Waals surface area contributed by atoms with Crippen LogP contribution in [-0.2, 0) is 6.54 Å². The number of nitrogens with zero attached hydrogens (tertiary/aromatic N) is 1. The monoisotopic (exact) mass is 313 g/mol. The predicted octanol–water partition coefficient (Wildman–Crippen LogP) is 5.87. The van der Waals surface area contributed by atoms with Gasteiger partial charge in [0.1, 0.15) is 0 Å². The van der Waals surface area contributed by atoms with Gasteiger partial charge >= 0.3 is 0 Å². The van der Waals surface area contributed by atoms with E-state index in [2.05, 4.69) is 90.7 Å². The summed E-state index contributed by atoms with van der Waals surface area (Å²) < 4.78 is 0. The fourth-order valence-corrected chi connectivity index (χ4v) is 3.66. The molecule has 3 aromatic carbocycles. The first-order chi connectivity index (χ1) is 11.8.